The van der Waals surface area contributed by atoms with Gasteiger partial charge >= 0.3 is 0 Å². The second-order valence-corrected chi connectivity index (χ2v) is 12.8. The summed E-state index contributed by atoms with van der Waals surface area (Å²) >= 11 is 2.09. The van der Waals surface area contributed by atoms with Crippen LogP contribution in [-0.4, -0.2) is 5.75 Å². The third-order valence-corrected chi connectivity index (χ3v) is 8.90. The molecule has 0 N–H and O–H groups in total. The Kier molecular flexibility index (Phi) is 35.7. The van der Waals surface area contributed by atoms with Crippen LogP contribution in [0.15, 0.2) is 0 Å². The van der Waals surface area contributed by atoms with Crippen molar-refractivity contribution in [3.8, 4) is 0 Å². The Bertz CT molecular complexity index is 319. The molecule has 0 atom stereocenters. The van der Waals surface area contributed by atoms with Gasteiger partial charge < -0.3 is 0 Å². The Labute approximate surface area is 235 Å². The van der Waals surface area contributed by atoms with Crippen molar-refractivity contribution in [1.82, 2.24) is 0 Å². The molecule has 0 aromatic carbocycles. The highest BCUT2D eigenvalue weighted by atomic mass is 32.2. The van der Waals surface area contributed by atoms with Crippen molar-refractivity contribution in [2.45, 2.75) is 213 Å². The predicted molar refractivity (Wildman–Crippen MR) is 171 cm³/mol. The Morgan fingerprint density at radius 1 is 0.306 bits per heavy atom. The van der Waals surface area contributed by atoms with Gasteiger partial charge in [0.2, 0.25) is 0 Å². The number of thioether (sulfide) groups is 1. The van der Waals surface area contributed by atoms with Gasteiger partial charge in [0.1, 0.15) is 0 Å². The van der Waals surface area contributed by atoms with Crippen LogP contribution in [0, 0.1) is 5.75 Å². The van der Waals surface area contributed by atoms with Gasteiger partial charge in [0.15, 0.2) is 0 Å². The Morgan fingerprint density at radius 3 is 0.861 bits per heavy atom. The second-order valence-electron chi connectivity index (χ2n) is 11.7. The molecule has 0 aliphatic heterocycles. The Balaban J connectivity index is 3.00. The lowest BCUT2D eigenvalue weighted by Gasteiger charge is -2.04. The quantitative estimate of drug-likeness (QED) is 0.0770. The van der Waals surface area contributed by atoms with E-state index >= 15 is 0 Å². The lowest BCUT2D eigenvalue weighted by Crippen LogP contribution is -1.85. The van der Waals surface area contributed by atoms with Gasteiger partial charge in [-0.1, -0.05) is 200 Å². The van der Waals surface area contributed by atoms with Gasteiger partial charge in [0, 0.05) is 5.75 Å². The van der Waals surface area contributed by atoms with Crippen LogP contribution in [0.3, 0.4) is 0 Å². The number of hydrogen-bond acceptors (Lipinski definition) is 1. The van der Waals surface area contributed by atoms with Crippen LogP contribution in [0.2, 0.25) is 0 Å². The summed E-state index contributed by atoms with van der Waals surface area (Å²) in [6, 6.07) is 0. The molecule has 0 aromatic heterocycles. The molecule has 1 heteroatoms. The molecule has 0 fully saturated rings. The van der Waals surface area contributed by atoms with E-state index in [4.69, 9.17) is 0 Å². The first-order valence-corrected chi connectivity index (χ1v) is 18.4. The summed E-state index contributed by atoms with van der Waals surface area (Å²) in [6.45, 7) is 4.61. The first-order valence-electron chi connectivity index (χ1n) is 17.3. The summed E-state index contributed by atoms with van der Waals surface area (Å²) in [4.78, 5) is 0. The molecule has 0 amide bonds. The van der Waals surface area contributed by atoms with Crippen LogP contribution in [0.4, 0.5) is 0 Å². The molecule has 0 saturated heterocycles. The molecule has 1 radical (unpaired) electrons. The molecule has 217 valence electrons. The standard InChI is InChI=1S/C35H71S/c1-3-5-7-9-11-13-14-15-16-17-18-19-20-21-22-23-24-25-27-29-31-33-35-36-34-32-30-28-26-12-10-8-6-4-2/h35H,3-34H2,1-2H3. The summed E-state index contributed by atoms with van der Waals surface area (Å²) < 4.78 is 0. The van der Waals surface area contributed by atoms with E-state index in [9.17, 15) is 0 Å². The van der Waals surface area contributed by atoms with Crippen LogP contribution in [-0.2, 0) is 0 Å². The topological polar surface area (TPSA) is 0 Å². The van der Waals surface area contributed by atoms with Crippen LogP contribution in [0.5, 0.6) is 0 Å². The summed E-state index contributed by atoms with van der Waals surface area (Å²) in [5.41, 5.74) is 0. The summed E-state index contributed by atoms with van der Waals surface area (Å²) in [7, 11) is 0. The molecule has 0 saturated carbocycles. The molecule has 0 spiro atoms. The van der Waals surface area contributed by atoms with Gasteiger partial charge in [-0.15, -0.1) is 0 Å². The van der Waals surface area contributed by atoms with Gasteiger partial charge in [-0.3, -0.25) is 0 Å². The lowest BCUT2D eigenvalue weighted by atomic mass is 10.0. The molecule has 36 heavy (non-hydrogen) atoms. The van der Waals surface area contributed by atoms with Crippen molar-refractivity contribution < 1.29 is 0 Å². The van der Waals surface area contributed by atoms with Crippen molar-refractivity contribution >= 4 is 11.8 Å². The molecule has 0 aliphatic carbocycles. The predicted octanol–water partition coefficient (Wildman–Crippen LogP) is 14.0. The maximum Gasteiger partial charge on any atom is 0.0166 e. The van der Waals surface area contributed by atoms with E-state index in [0.717, 1.165) is 0 Å². The average molecular weight is 524 g/mol. The number of unbranched alkanes of at least 4 members (excludes halogenated alkanes) is 29. The molecule has 0 aromatic rings. The maximum atomic E-state index is 2.50. The normalized spacial score (nSPS) is 11.5. The van der Waals surface area contributed by atoms with E-state index < -0.39 is 0 Å². The number of rotatable bonds is 33. The molecule has 0 aliphatic rings. The summed E-state index contributed by atoms with van der Waals surface area (Å²) in [5, 5.41) is 0. The molecule has 0 rings (SSSR count). The summed E-state index contributed by atoms with van der Waals surface area (Å²) in [6.07, 6.45) is 45.3. The molecule has 0 nitrogen and oxygen atoms in total. The van der Waals surface area contributed by atoms with E-state index in [1.54, 1.807) is 0 Å². The zero-order chi connectivity index (χ0) is 26.0. The van der Waals surface area contributed by atoms with Crippen LogP contribution >= 0.6 is 11.8 Å². The van der Waals surface area contributed by atoms with Gasteiger partial charge in [0.05, 0.1) is 0 Å². The third kappa shape index (κ3) is 34.4. The highest BCUT2D eigenvalue weighted by Crippen LogP contribution is 2.18. The van der Waals surface area contributed by atoms with Crippen molar-refractivity contribution in [1.29, 1.82) is 0 Å². The average Bonchev–Trinajstić information content (AvgIpc) is 2.89. The zero-order valence-corrected chi connectivity index (χ0v) is 26.4. The largest absolute Gasteiger partial charge is 0.157 e. The highest BCUT2D eigenvalue weighted by molar-refractivity contribution is 8.01. The van der Waals surface area contributed by atoms with Crippen LogP contribution < -0.4 is 0 Å². The smallest absolute Gasteiger partial charge is 0.0166 e. The van der Waals surface area contributed by atoms with Crippen molar-refractivity contribution in [3.05, 3.63) is 5.75 Å². The fourth-order valence-electron chi connectivity index (χ4n) is 5.32. The van der Waals surface area contributed by atoms with E-state index in [1.165, 1.54) is 205 Å². The fourth-order valence-corrected chi connectivity index (χ4v) is 6.19. The van der Waals surface area contributed by atoms with E-state index in [1.807, 2.05) is 0 Å². The zero-order valence-electron chi connectivity index (χ0n) is 25.6. The number of hydrogen-bond donors (Lipinski definition) is 0. The monoisotopic (exact) mass is 524 g/mol. The first-order chi connectivity index (χ1) is 17.9. The third-order valence-electron chi connectivity index (χ3n) is 7.91. The van der Waals surface area contributed by atoms with Crippen LogP contribution in [0.25, 0.3) is 0 Å². The minimum absolute atomic E-state index is 1.33. The molecule has 0 heterocycles. The lowest BCUT2D eigenvalue weighted by molar-refractivity contribution is 0.520. The Morgan fingerprint density at radius 2 is 0.556 bits per heavy atom. The van der Waals surface area contributed by atoms with Gasteiger partial charge in [0.25, 0.3) is 0 Å². The van der Waals surface area contributed by atoms with E-state index in [0.29, 0.717) is 0 Å². The Hall–Kier alpha value is 0.350. The van der Waals surface area contributed by atoms with Crippen LogP contribution in [0.1, 0.15) is 213 Å². The van der Waals surface area contributed by atoms with Gasteiger partial charge in [-0.25, -0.2) is 0 Å². The highest BCUT2D eigenvalue weighted by Gasteiger charge is 1.97. The van der Waals surface area contributed by atoms with Crippen molar-refractivity contribution in [3.63, 3.8) is 0 Å². The maximum absolute atomic E-state index is 2.50. The molecular formula is C35H71S. The fraction of sp³-hybridized carbons (Fsp3) is 0.971. The first kappa shape index (κ1) is 36.4. The summed E-state index contributed by atoms with van der Waals surface area (Å²) in [5.74, 6) is 3.86. The van der Waals surface area contributed by atoms with E-state index in [-0.39, 0.29) is 0 Å². The van der Waals surface area contributed by atoms with Crippen molar-refractivity contribution in [2.24, 2.45) is 0 Å². The molecular weight excluding hydrogens is 452 g/mol. The van der Waals surface area contributed by atoms with Gasteiger partial charge in [-0.2, -0.15) is 11.8 Å². The second kappa shape index (κ2) is 35.4. The van der Waals surface area contributed by atoms with E-state index in [2.05, 4.69) is 31.4 Å². The van der Waals surface area contributed by atoms with Gasteiger partial charge in [-0.05, 0) is 18.6 Å². The minimum atomic E-state index is 1.33. The molecule has 0 unspecified atom stereocenters. The minimum Gasteiger partial charge on any atom is -0.157 e. The van der Waals surface area contributed by atoms with Crippen molar-refractivity contribution in [2.75, 3.05) is 5.75 Å². The molecule has 0 bridgehead atoms. The SMILES string of the molecule is CCCCCCCCCCCCCCCCCCCCCCC[CH]SCCCCCCCCCCC.